The van der Waals surface area contributed by atoms with Crippen molar-refractivity contribution in [2.45, 2.75) is 24.8 Å². The molecule has 2 aromatic rings. The number of ether oxygens (including phenoxy) is 2. The van der Waals surface area contributed by atoms with Crippen LogP contribution in [0.25, 0.3) is 0 Å². The quantitative estimate of drug-likeness (QED) is 0.639. The number of nitrogens with zero attached hydrogens (tertiary/aromatic N) is 1. The molecule has 3 rings (SSSR count). The third kappa shape index (κ3) is 2.43. The lowest BCUT2D eigenvalue weighted by Crippen LogP contribution is -2.32. The maximum Gasteiger partial charge on any atom is 0.225 e. The summed E-state index contributed by atoms with van der Waals surface area (Å²) in [5.41, 5.74) is 2.09. The minimum atomic E-state index is -0.593. The molecular formula is C16H17NO4S. The molecule has 0 spiro atoms. The molecule has 0 saturated heterocycles. The van der Waals surface area contributed by atoms with E-state index in [2.05, 4.69) is 0 Å². The van der Waals surface area contributed by atoms with E-state index in [9.17, 15) is 10.1 Å². The summed E-state index contributed by atoms with van der Waals surface area (Å²) < 4.78 is 10.7. The minimum Gasteiger partial charge on any atom is -0.493 e. The van der Waals surface area contributed by atoms with Gasteiger partial charge in [-0.05, 0) is 41.1 Å². The zero-order valence-corrected chi connectivity index (χ0v) is 13.3. The van der Waals surface area contributed by atoms with Crippen molar-refractivity contribution in [3.05, 3.63) is 55.8 Å². The van der Waals surface area contributed by atoms with E-state index in [0.29, 0.717) is 24.3 Å². The number of fused-ring (bicyclic) bond motifs is 1. The topological polar surface area (TPSA) is 61.6 Å². The van der Waals surface area contributed by atoms with Gasteiger partial charge in [0.1, 0.15) is 0 Å². The highest BCUT2D eigenvalue weighted by Crippen LogP contribution is 2.44. The summed E-state index contributed by atoms with van der Waals surface area (Å²) in [7, 11) is 3.18. The highest BCUT2D eigenvalue weighted by Gasteiger charge is 2.40. The van der Waals surface area contributed by atoms with Gasteiger partial charge in [-0.3, -0.25) is 10.1 Å². The monoisotopic (exact) mass is 319 g/mol. The fraction of sp³-hybridized carbons (Fsp3) is 0.375. The molecule has 1 aromatic carbocycles. The van der Waals surface area contributed by atoms with E-state index in [1.54, 1.807) is 25.6 Å². The van der Waals surface area contributed by atoms with Gasteiger partial charge in [0.2, 0.25) is 6.04 Å². The molecule has 22 heavy (non-hydrogen) atoms. The van der Waals surface area contributed by atoms with Crippen LogP contribution in [0.4, 0.5) is 0 Å². The first-order valence-corrected chi connectivity index (χ1v) is 7.95. The van der Waals surface area contributed by atoms with Gasteiger partial charge in [-0.1, -0.05) is 6.07 Å². The van der Waals surface area contributed by atoms with E-state index in [-0.39, 0.29) is 10.8 Å². The zero-order chi connectivity index (χ0) is 15.7. The van der Waals surface area contributed by atoms with Crippen molar-refractivity contribution in [3.63, 3.8) is 0 Å². The van der Waals surface area contributed by atoms with Crippen LogP contribution in [-0.2, 0) is 6.42 Å². The molecule has 0 amide bonds. The average molecular weight is 319 g/mol. The van der Waals surface area contributed by atoms with E-state index < -0.39 is 6.04 Å². The second kappa shape index (κ2) is 5.96. The second-order valence-corrected chi connectivity index (χ2v) is 6.27. The van der Waals surface area contributed by atoms with Crippen LogP contribution in [0.1, 0.15) is 28.3 Å². The van der Waals surface area contributed by atoms with Gasteiger partial charge in [-0.15, -0.1) is 11.3 Å². The highest BCUT2D eigenvalue weighted by atomic mass is 32.1. The van der Waals surface area contributed by atoms with Crippen molar-refractivity contribution in [2.24, 2.45) is 0 Å². The molecule has 1 aliphatic carbocycles. The number of nitro groups is 1. The SMILES string of the molecule is COc1cc2c(cc1OC)[C@H](c1cccs1)[C@@H]([N+](=O)[O-])CC2. The Kier molecular flexibility index (Phi) is 4.02. The van der Waals surface area contributed by atoms with Crippen LogP contribution in [-0.4, -0.2) is 25.2 Å². The summed E-state index contributed by atoms with van der Waals surface area (Å²) in [6, 6.07) is 7.16. The minimum absolute atomic E-state index is 0.149. The molecule has 0 unspecified atom stereocenters. The standard InChI is InChI=1S/C16H17NO4S/c1-20-13-8-10-5-6-12(17(18)19)16(15-4-3-7-22-15)11(10)9-14(13)21-2/h3-4,7-9,12,16H,5-6H2,1-2H3/t12-,16-/m0/s1. The molecule has 0 radical (unpaired) electrons. The number of rotatable bonds is 4. The van der Waals surface area contributed by atoms with Gasteiger partial charge < -0.3 is 9.47 Å². The van der Waals surface area contributed by atoms with Crippen LogP contribution in [0.2, 0.25) is 0 Å². The zero-order valence-electron chi connectivity index (χ0n) is 12.4. The lowest BCUT2D eigenvalue weighted by Gasteiger charge is -2.28. The first-order chi connectivity index (χ1) is 10.7. The molecule has 0 aliphatic heterocycles. The Morgan fingerprint density at radius 1 is 1.27 bits per heavy atom. The molecule has 1 aliphatic rings. The Morgan fingerprint density at radius 3 is 2.59 bits per heavy atom. The number of hydrogen-bond acceptors (Lipinski definition) is 5. The summed E-state index contributed by atoms with van der Waals surface area (Å²) in [6.07, 6.45) is 1.22. The van der Waals surface area contributed by atoms with Gasteiger partial charge in [-0.25, -0.2) is 0 Å². The fourth-order valence-electron chi connectivity index (χ4n) is 3.16. The van der Waals surface area contributed by atoms with Crippen LogP contribution < -0.4 is 9.47 Å². The molecular weight excluding hydrogens is 302 g/mol. The molecule has 2 atom stereocenters. The lowest BCUT2D eigenvalue weighted by atomic mass is 9.78. The third-order valence-corrected chi connectivity index (χ3v) is 5.15. The smallest absolute Gasteiger partial charge is 0.225 e. The van der Waals surface area contributed by atoms with E-state index in [1.807, 2.05) is 29.6 Å². The van der Waals surface area contributed by atoms with Crippen LogP contribution in [0.15, 0.2) is 29.6 Å². The predicted octanol–water partition coefficient (Wildman–Crippen LogP) is 3.49. The molecule has 0 fully saturated rings. The van der Waals surface area contributed by atoms with Gasteiger partial charge in [0.05, 0.1) is 20.1 Å². The largest absolute Gasteiger partial charge is 0.493 e. The van der Waals surface area contributed by atoms with Crippen LogP contribution in [0.5, 0.6) is 11.5 Å². The van der Waals surface area contributed by atoms with Gasteiger partial charge in [0, 0.05) is 16.2 Å². The van der Waals surface area contributed by atoms with E-state index in [1.165, 1.54) is 0 Å². The van der Waals surface area contributed by atoms with Crippen molar-refractivity contribution < 1.29 is 14.4 Å². The molecule has 0 N–H and O–H groups in total. The number of methoxy groups -OCH3 is 2. The molecule has 116 valence electrons. The molecule has 0 bridgehead atoms. The predicted molar refractivity (Wildman–Crippen MR) is 84.8 cm³/mol. The first kappa shape index (κ1) is 14.8. The highest BCUT2D eigenvalue weighted by molar-refractivity contribution is 7.10. The van der Waals surface area contributed by atoms with E-state index in [4.69, 9.17) is 9.47 Å². The Morgan fingerprint density at radius 2 is 2.00 bits per heavy atom. The average Bonchev–Trinajstić information content (AvgIpc) is 3.06. The Labute approximate surface area is 132 Å². The molecule has 1 aromatic heterocycles. The van der Waals surface area contributed by atoms with Crippen LogP contribution in [0, 0.1) is 10.1 Å². The molecule has 1 heterocycles. The van der Waals surface area contributed by atoms with E-state index in [0.717, 1.165) is 16.0 Å². The Balaban J connectivity index is 2.15. The maximum atomic E-state index is 11.5. The number of benzene rings is 1. The van der Waals surface area contributed by atoms with Crippen molar-refractivity contribution in [2.75, 3.05) is 14.2 Å². The summed E-state index contributed by atoms with van der Waals surface area (Å²) in [5, 5.41) is 13.5. The van der Waals surface area contributed by atoms with Crippen molar-refractivity contribution >= 4 is 11.3 Å². The van der Waals surface area contributed by atoms with Crippen molar-refractivity contribution in [1.29, 1.82) is 0 Å². The van der Waals surface area contributed by atoms with Crippen molar-refractivity contribution in [3.8, 4) is 11.5 Å². The lowest BCUT2D eigenvalue weighted by molar-refractivity contribution is -0.526. The summed E-state index contributed by atoms with van der Waals surface area (Å²) in [4.78, 5) is 12.4. The maximum absolute atomic E-state index is 11.5. The fourth-order valence-corrected chi connectivity index (χ4v) is 4.06. The van der Waals surface area contributed by atoms with Gasteiger partial charge in [-0.2, -0.15) is 0 Å². The van der Waals surface area contributed by atoms with Gasteiger partial charge in [0.25, 0.3) is 0 Å². The van der Waals surface area contributed by atoms with Crippen molar-refractivity contribution in [1.82, 2.24) is 0 Å². The van der Waals surface area contributed by atoms with Gasteiger partial charge >= 0.3 is 0 Å². The summed E-state index contributed by atoms with van der Waals surface area (Å²) >= 11 is 1.56. The van der Waals surface area contributed by atoms with Crippen LogP contribution in [0.3, 0.4) is 0 Å². The number of hydrogen-bond donors (Lipinski definition) is 0. The van der Waals surface area contributed by atoms with Gasteiger partial charge in [0.15, 0.2) is 11.5 Å². The molecule has 6 heteroatoms. The first-order valence-electron chi connectivity index (χ1n) is 7.07. The van der Waals surface area contributed by atoms with E-state index >= 15 is 0 Å². The summed E-state index contributed by atoms with van der Waals surface area (Å²) in [6.45, 7) is 0. The Hall–Kier alpha value is -2.08. The third-order valence-electron chi connectivity index (χ3n) is 4.20. The molecule has 5 nitrogen and oxygen atoms in total. The van der Waals surface area contributed by atoms with Crippen LogP contribution >= 0.6 is 11.3 Å². The summed E-state index contributed by atoms with van der Waals surface area (Å²) in [5.74, 6) is 1.07. The second-order valence-electron chi connectivity index (χ2n) is 5.29. The molecule has 0 saturated carbocycles. The number of thiophene rings is 1. The number of aryl methyl sites for hydroxylation is 1. The Bertz CT molecular complexity index is 684. The normalized spacial score (nSPS) is 20.3.